The Hall–Kier alpha value is -6.02. The highest BCUT2D eigenvalue weighted by Gasteiger charge is 2.29. The van der Waals surface area contributed by atoms with Crippen molar-refractivity contribution in [2.45, 2.75) is 0 Å². The lowest BCUT2D eigenvalue weighted by atomic mass is 9.97. The van der Waals surface area contributed by atoms with E-state index < -0.39 is 7.14 Å². The lowest BCUT2D eigenvalue weighted by Gasteiger charge is -2.20. The third-order valence-corrected chi connectivity index (χ3v) is 12.5. The number of furan rings is 1. The Morgan fingerprint density at radius 1 is 0.429 bits per heavy atom. The second-order valence-electron chi connectivity index (χ2n) is 12.3. The number of hydrogen-bond acceptors (Lipinski definition) is 3. The first-order chi connectivity index (χ1) is 24.2. The summed E-state index contributed by atoms with van der Waals surface area (Å²) in [6.07, 6.45) is 0. The van der Waals surface area contributed by atoms with Gasteiger partial charge in [0, 0.05) is 37.6 Å². The third kappa shape index (κ3) is 4.99. The molecule has 0 N–H and O–H groups in total. The van der Waals surface area contributed by atoms with E-state index in [1.165, 1.54) is 0 Å². The topological polar surface area (TPSA) is 43.1 Å². The normalized spacial score (nSPS) is 11.8. The van der Waals surface area contributed by atoms with E-state index >= 15 is 0 Å². The number of pyridine rings is 1. The van der Waals surface area contributed by atoms with Crippen LogP contribution in [-0.4, -0.2) is 4.98 Å². The summed E-state index contributed by atoms with van der Waals surface area (Å²) in [5.74, 6) is 0. The molecule has 0 radical (unpaired) electrons. The maximum Gasteiger partial charge on any atom is 0.171 e. The predicted octanol–water partition coefficient (Wildman–Crippen LogP) is 10.8. The standard InChI is InChI=1S/C45H30NO2P/c47-49(36-14-6-2-7-15-36,37-16-8-3-9-17-37)38-27-24-32(25-28-38)31-20-22-33(23-21-31)35-26-29-39-41(30-35)46-44(34-12-4-1-5-13-34)45-43(39)40-18-10-11-19-42(40)48-45/h1-30H. The number of hydrogen-bond donors (Lipinski definition) is 0. The third-order valence-electron chi connectivity index (χ3n) is 9.38. The molecular formula is C45H30NO2P. The second-order valence-corrected chi connectivity index (χ2v) is 15.0. The Morgan fingerprint density at radius 2 is 0.918 bits per heavy atom. The SMILES string of the molecule is O=P(c1ccccc1)(c1ccccc1)c1ccc(-c2ccc(-c3ccc4c(c3)nc(-c3ccccc3)c3oc5ccccc5c34)cc2)cc1. The van der Waals surface area contributed by atoms with Gasteiger partial charge in [0.25, 0.3) is 0 Å². The van der Waals surface area contributed by atoms with Crippen molar-refractivity contribution in [2.24, 2.45) is 0 Å². The van der Waals surface area contributed by atoms with Gasteiger partial charge < -0.3 is 8.98 Å². The van der Waals surface area contributed by atoms with E-state index in [1.54, 1.807) is 0 Å². The Balaban J connectivity index is 1.08. The molecule has 0 atom stereocenters. The van der Waals surface area contributed by atoms with E-state index in [0.29, 0.717) is 0 Å². The molecule has 0 spiro atoms. The number of aromatic nitrogens is 1. The molecular weight excluding hydrogens is 617 g/mol. The molecule has 0 saturated carbocycles. The number of para-hydroxylation sites is 1. The molecule has 9 rings (SSSR count). The fourth-order valence-corrected chi connectivity index (χ4v) is 9.55. The van der Waals surface area contributed by atoms with E-state index in [9.17, 15) is 4.57 Å². The Morgan fingerprint density at radius 3 is 1.55 bits per heavy atom. The first kappa shape index (κ1) is 29.1. The highest BCUT2D eigenvalue weighted by molar-refractivity contribution is 7.85. The lowest BCUT2D eigenvalue weighted by Crippen LogP contribution is -2.24. The minimum absolute atomic E-state index is 0.812. The zero-order valence-electron chi connectivity index (χ0n) is 26.5. The highest BCUT2D eigenvalue weighted by atomic mass is 31.2. The van der Waals surface area contributed by atoms with Crippen molar-refractivity contribution in [3.8, 4) is 33.5 Å². The average molecular weight is 648 g/mol. The van der Waals surface area contributed by atoms with Crippen molar-refractivity contribution in [3.05, 3.63) is 182 Å². The summed E-state index contributed by atoms with van der Waals surface area (Å²) in [6, 6.07) is 61.4. The molecule has 7 aromatic carbocycles. The van der Waals surface area contributed by atoms with Gasteiger partial charge in [-0.15, -0.1) is 0 Å². The van der Waals surface area contributed by atoms with E-state index in [2.05, 4.69) is 78.9 Å². The van der Waals surface area contributed by atoms with Gasteiger partial charge in [0.05, 0.1) is 5.52 Å². The van der Waals surface area contributed by atoms with Gasteiger partial charge in [0.1, 0.15) is 11.3 Å². The van der Waals surface area contributed by atoms with Crippen molar-refractivity contribution >= 4 is 55.9 Å². The Labute approximate surface area is 284 Å². The maximum atomic E-state index is 14.8. The van der Waals surface area contributed by atoms with Crippen LogP contribution < -0.4 is 15.9 Å². The number of nitrogens with zero attached hydrogens (tertiary/aromatic N) is 1. The average Bonchev–Trinajstić information content (AvgIpc) is 3.58. The quantitative estimate of drug-likeness (QED) is 0.169. The molecule has 0 aliphatic heterocycles. The molecule has 0 aliphatic carbocycles. The number of rotatable bonds is 6. The summed E-state index contributed by atoms with van der Waals surface area (Å²) in [5, 5.41) is 5.75. The van der Waals surface area contributed by atoms with Gasteiger partial charge in [-0.1, -0.05) is 170 Å². The van der Waals surface area contributed by atoms with E-state index in [0.717, 1.165) is 82.3 Å². The summed E-state index contributed by atoms with van der Waals surface area (Å²) in [7, 11) is -3.02. The van der Waals surface area contributed by atoms with Crippen molar-refractivity contribution in [1.82, 2.24) is 4.98 Å². The van der Waals surface area contributed by atoms with Crippen molar-refractivity contribution < 1.29 is 8.98 Å². The Kier molecular flexibility index (Phi) is 7.08. The van der Waals surface area contributed by atoms with Crippen LogP contribution in [0.25, 0.3) is 66.4 Å². The molecule has 0 unspecified atom stereocenters. The summed E-state index contributed by atoms with van der Waals surface area (Å²) < 4.78 is 21.2. The molecule has 0 saturated heterocycles. The first-order valence-corrected chi connectivity index (χ1v) is 18.1. The number of benzene rings is 7. The molecule has 232 valence electrons. The fourth-order valence-electron chi connectivity index (χ4n) is 6.90. The summed E-state index contributed by atoms with van der Waals surface area (Å²) in [6.45, 7) is 0. The van der Waals surface area contributed by atoms with Crippen LogP contribution in [0.2, 0.25) is 0 Å². The molecule has 0 bridgehead atoms. The molecule has 4 heteroatoms. The number of fused-ring (bicyclic) bond motifs is 5. The van der Waals surface area contributed by atoms with Crippen LogP contribution in [0.5, 0.6) is 0 Å². The van der Waals surface area contributed by atoms with Crippen LogP contribution in [0.3, 0.4) is 0 Å². The summed E-state index contributed by atoms with van der Waals surface area (Å²) in [5.41, 5.74) is 8.85. The molecule has 0 amide bonds. The molecule has 0 fully saturated rings. The van der Waals surface area contributed by atoms with Crippen LogP contribution in [0.15, 0.2) is 186 Å². The minimum Gasteiger partial charge on any atom is -0.454 e. The van der Waals surface area contributed by atoms with Gasteiger partial charge in [0.2, 0.25) is 0 Å². The van der Waals surface area contributed by atoms with Gasteiger partial charge in [-0.2, -0.15) is 0 Å². The molecule has 3 nitrogen and oxygen atoms in total. The van der Waals surface area contributed by atoms with E-state index in [4.69, 9.17) is 9.40 Å². The van der Waals surface area contributed by atoms with Gasteiger partial charge in [0.15, 0.2) is 12.7 Å². The van der Waals surface area contributed by atoms with Crippen molar-refractivity contribution in [2.75, 3.05) is 0 Å². The van der Waals surface area contributed by atoms with Gasteiger partial charge in [-0.25, -0.2) is 4.98 Å². The van der Waals surface area contributed by atoms with Gasteiger partial charge in [-0.3, -0.25) is 0 Å². The molecule has 2 heterocycles. The maximum absolute atomic E-state index is 14.8. The van der Waals surface area contributed by atoms with Crippen LogP contribution >= 0.6 is 7.14 Å². The van der Waals surface area contributed by atoms with Crippen LogP contribution in [0.4, 0.5) is 0 Å². The zero-order chi connectivity index (χ0) is 32.8. The monoisotopic (exact) mass is 647 g/mol. The lowest BCUT2D eigenvalue weighted by molar-refractivity contribution is 0.592. The van der Waals surface area contributed by atoms with Gasteiger partial charge >= 0.3 is 0 Å². The predicted molar refractivity (Wildman–Crippen MR) is 205 cm³/mol. The molecule has 2 aromatic heterocycles. The smallest absolute Gasteiger partial charge is 0.171 e. The largest absolute Gasteiger partial charge is 0.454 e. The van der Waals surface area contributed by atoms with Crippen LogP contribution in [0.1, 0.15) is 0 Å². The highest BCUT2D eigenvalue weighted by Crippen LogP contribution is 2.43. The van der Waals surface area contributed by atoms with E-state index in [1.807, 2.05) is 103 Å². The Bertz CT molecular complexity index is 2600. The summed E-state index contributed by atoms with van der Waals surface area (Å²) >= 11 is 0. The van der Waals surface area contributed by atoms with E-state index in [-0.39, 0.29) is 0 Å². The van der Waals surface area contributed by atoms with Crippen LogP contribution in [0, 0.1) is 0 Å². The molecule has 9 aromatic rings. The molecule has 49 heavy (non-hydrogen) atoms. The summed E-state index contributed by atoms with van der Waals surface area (Å²) in [4.78, 5) is 5.18. The van der Waals surface area contributed by atoms with Crippen LogP contribution in [-0.2, 0) is 4.57 Å². The van der Waals surface area contributed by atoms with Crippen molar-refractivity contribution in [3.63, 3.8) is 0 Å². The molecule has 0 aliphatic rings. The second kappa shape index (κ2) is 11.9. The fraction of sp³-hybridized carbons (Fsp3) is 0. The minimum atomic E-state index is -3.02. The van der Waals surface area contributed by atoms with Crippen molar-refractivity contribution in [1.29, 1.82) is 0 Å². The first-order valence-electron chi connectivity index (χ1n) is 16.4. The van der Waals surface area contributed by atoms with Gasteiger partial charge in [-0.05, 0) is 34.4 Å². The zero-order valence-corrected chi connectivity index (χ0v) is 27.4.